The van der Waals surface area contributed by atoms with E-state index in [1.807, 2.05) is 0 Å². The summed E-state index contributed by atoms with van der Waals surface area (Å²) in [6.07, 6.45) is 8.32. The Morgan fingerprint density at radius 3 is 2.62 bits per heavy atom. The average molecular weight is 180 g/mol. The second kappa shape index (κ2) is 3.13. The lowest BCUT2D eigenvalue weighted by Crippen LogP contribution is -2.48. The predicted octanol–water partition coefficient (Wildman–Crippen LogP) is 2.89. The summed E-state index contributed by atoms with van der Waals surface area (Å²) in [4.78, 5) is 0. The standard InChI is InChI=1S/C12H20O/c1-9-3-5-10(6-4-9)12(2)8-7-11(12)13/h3,10-11,13H,4-8H2,1-2H3/t10-,11-,12-/m0/s1. The molecule has 0 aromatic rings. The van der Waals surface area contributed by atoms with Crippen molar-refractivity contribution in [1.29, 1.82) is 0 Å². The maximum Gasteiger partial charge on any atom is 0.0596 e. The zero-order valence-electron chi connectivity index (χ0n) is 8.71. The fourth-order valence-electron chi connectivity index (χ4n) is 2.77. The van der Waals surface area contributed by atoms with Gasteiger partial charge in [0, 0.05) is 0 Å². The average Bonchev–Trinajstić information content (AvgIpc) is 2.15. The third-order valence-corrected chi connectivity index (χ3v) is 4.29. The fourth-order valence-corrected chi connectivity index (χ4v) is 2.77. The molecule has 0 aliphatic heterocycles. The van der Waals surface area contributed by atoms with Crippen molar-refractivity contribution in [3.63, 3.8) is 0 Å². The minimum absolute atomic E-state index is 0.0238. The Morgan fingerprint density at radius 2 is 2.23 bits per heavy atom. The Hall–Kier alpha value is -0.300. The maximum absolute atomic E-state index is 9.76. The van der Waals surface area contributed by atoms with Crippen LogP contribution in [0, 0.1) is 11.3 Å². The summed E-state index contributed by atoms with van der Waals surface area (Å²) in [5.74, 6) is 0.736. The Labute approximate surface area is 80.8 Å². The van der Waals surface area contributed by atoms with Gasteiger partial charge in [-0.2, -0.15) is 0 Å². The Balaban J connectivity index is 2.02. The number of aliphatic hydroxyl groups excluding tert-OH is 1. The molecule has 13 heavy (non-hydrogen) atoms. The first-order chi connectivity index (χ1) is 6.13. The van der Waals surface area contributed by atoms with Crippen molar-refractivity contribution >= 4 is 0 Å². The van der Waals surface area contributed by atoms with E-state index in [4.69, 9.17) is 0 Å². The van der Waals surface area contributed by atoms with Crippen LogP contribution >= 0.6 is 0 Å². The van der Waals surface area contributed by atoms with Crippen LogP contribution < -0.4 is 0 Å². The first-order valence-electron chi connectivity index (χ1n) is 5.46. The molecule has 2 aliphatic carbocycles. The van der Waals surface area contributed by atoms with E-state index >= 15 is 0 Å². The van der Waals surface area contributed by atoms with E-state index in [0.717, 1.165) is 12.3 Å². The van der Waals surface area contributed by atoms with Crippen molar-refractivity contribution in [1.82, 2.24) is 0 Å². The van der Waals surface area contributed by atoms with Crippen LogP contribution in [0.1, 0.15) is 46.0 Å². The number of hydrogen-bond acceptors (Lipinski definition) is 1. The molecule has 1 heteroatoms. The lowest BCUT2D eigenvalue weighted by molar-refractivity contribution is -0.0932. The third-order valence-electron chi connectivity index (χ3n) is 4.29. The molecule has 1 N–H and O–H groups in total. The predicted molar refractivity (Wildman–Crippen MR) is 54.4 cm³/mol. The highest BCUT2D eigenvalue weighted by Crippen LogP contribution is 2.51. The minimum atomic E-state index is -0.0238. The molecule has 0 heterocycles. The van der Waals surface area contributed by atoms with E-state index in [0.29, 0.717) is 0 Å². The maximum atomic E-state index is 9.76. The van der Waals surface area contributed by atoms with Gasteiger partial charge in [-0.1, -0.05) is 18.6 Å². The van der Waals surface area contributed by atoms with Crippen LogP contribution in [0.5, 0.6) is 0 Å². The summed E-state index contributed by atoms with van der Waals surface area (Å²) >= 11 is 0. The smallest absolute Gasteiger partial charge is 0.0596 e. The number of allylic oxidation sites excluding steroid dienone is 2. The first-order valence-corrected chi connectivity index (χ1v) is 5.46. The normalized spacial score (nSPS) is 45.3. The Kier molecular flexibility index (Phi) is 2.23. The van der Waals surface area contributed by atoms with Gasteiger partial charge in [0.15, 0.2) is 0 Å². The highest BCUT2D eigenvalue weighted by Gasteiger charge is 2.46. The van der Waals surface area contributed by atoms with Gasteiger partial charge < -0.3 is 5.11 Å². The van der Waals surface area contributed by atoms with Gasteiger partial charge in [0.05, 0.1) is 6.10 Å². The van der Waals surface area contributed by atoms with Crippen molar-refractivity contribution in [3.8, 4) is 0 Å². The molecule has 0 spiro atoms. The SMILES string of the molecule is CC1=CC[C@H]([C@]2(C)CC[C@@H]2O)CC1. The molecule has 2 aliphatic rings. The molecule has 1 fully saturated rings. The molecule has 1 saturated carbocycles. The molecular formula is C12H20O. The summed E-state index contributed by atoms with van der Waals surface area (Å²) in [5.41, 5.74) is 1.78. The van der Waals surface area contributed by atoms with E-state index in [-0.39, 0.29) is 11.5 Å². The quantitative estimate of drug-likeness (QED) is 0.615. The van der Waals surface area contributed by atoms with E-state index in [2.05, 4.69) is 19.9 Å². The molecule has 1 nitrogen and oxygen atoms in total. The Morgan fingerprint density at radius 1 is 1.46 bits per heavy atom. The van der Waals surface area contributed by atoms with E-state index in [1.165, 1.54) is 31.3 Å². The molecule has 0 saturated heterocycles. The summed E-state index contributed by atoms with van der Waals surface area (Å²) in [6, 6.07) is 0. The van der Waals surface area contributed by atoms with Crippen molar-refractivity contribution < 1.29 is 5.11 Å². The minimum Gasteiger partial charge on any atom is -0.393 e. The summed E-state index contributed by atoms with van der Waals surface area (Å²) in [5, 5.41) is 9.76. The van der Waals surface area contributed by atoms with Crippen molar-refractivity contribution in [2.45, 2.75) is 52.1 Å². The van der Waals surface area contributed by atoms with Gasteiger partial charge in [0.2, 0.25) is 0 Å². The fraction of sp³-hybridized carbons (Fsp3) is 0.833. The zero-order chi connectivity index (χ0) is 9.47. The van der Waals surface area contributed by atoms with Gasteiger partial charge in [-0.05, 0) is 50.4 Å². The second-order valence-electron chi connectivity index (χ2n) is 5.08. The highest BCUT2D eigenvalue weighted by atomic mass is 16.3. The van der Waals surface area contributed by atoms with Gasteiger partial charge in [0.25, 0.3) is 0 Å². The van der Waals surface area contributed by atoms with Crippen molar-refractivity contribution in [3.05, 3.63) is 11.6 Å². The molecule has 74 valence electrons. The van der Waals surface area contributed by atoms with Crippen molar-refractivity contribution in [2.75, 3.05) is 0 Å². The number of aliphatic hydroxyl groups is 1. The van der Waals surface area contributed by atoms with Crippen LogP contribution in [0.3, 0.4) is 0 Å². The van der Waals surface area contributed by atoms with Crippen LogP contribution in [0.25, 0.3) is 0 Å². The largest absolute Gasteiger partial charge is 0.393 e. The van der Waals surface area contributed by atoms with Gasteiger partial charge in [-0.3, -0.25) is 0 Å². The van der Waals surface area contributed by atoms with Crippen molar-refractivity contribution in [2.24, 2.45) is 11.3 Å². The summed E-state index contributed by atoms with van der Waals surface area (Å²) in [6.45, 7) is 4.48. The van der Waals surface area contributed by atoms with Crippen LogP contribution in [0.2, 0.25) is 0 Å². The Bertz CT molecular complexity index is 231. The van der Waals surface area contributed by atoms with E-state index in [9.17, 15) is 5.11 Å². The van der Waals surface area contributed by atoms with Crippen LogP contribution in [-0.2, 0) is 0 Å². The molecule has 0 bridgehead atoms. The monoisotopic (exact) mass is 180 g/mol. The van der Waals surface area contributed by atoms with Gasteiger partial charge in [0.1, 0.15) is 0 Å². The molecular weight excluding hydrogens is 160 g/mol. The lowest BCUT2D eigenvalue weighted by Gasteiger charge is -2.50. The molecule has 0 aromatic heterocycles. The summed E-state index contributed by atoms with van der Waals surface area (Å²) < 4.78 is 0. The van der Waals surface area contributed by atoms with E-state index in [1.54, 1.807) is 0 Å². The van der Waals surface area contributed by atoms with Gasteiger partial charge in [-0.15, -0.1) is 0 Å². The lowest BCUT2D eigenvalue weighted by atomic mass is 9.57. The van der Waals surface area contributed by atoms with Crippen LogP contribution in [-0.4, -0.2) is 11.2 Å². The molecule has 0 amide bonds. The topological polar surface area (TPSA) is 20.2 Å². The third kappa shape index (κ3) is 1.43. The molecule has 0 radical (unpaired) electrons. The number of hydrogen-bond donors (Lipinski definition) is 1. The van der Waals surface area contributed by atoms with Gasteiger partial charge >= 0.3 is 0 Å². The van der Waals surface area contributed by atoms with E-state index < -0.39 is 0 Å². The molecule has 2 rings (SSSR count). The summed E-state index contributed by atoms with van der Waals surface area (Å²) in [7, 11) is 0. The molecule has 0 aromatic carbocycles. The first kappa shape index (κ1) is 9.26. The molecule has 3 atom stereocenters. The number of rotatable bonds is 1. The second-order valence-corrected chi connectivity index (χ2v) is 5.08. The molecule has 0 unspecified atom stereocenters. The zero-order valence-corrected chi connectivity index (χ0v) is 8.71. The van der Waals surface area contributed by atoms with Crippen LogP contribution in [0.15, 0.2) is 11.6 Å². The van der Waals surface area contributed by atoms with Gasteiger partial charge in [-0.25, -0.2) is 0 Å². The highest BCUT2D eigenvalue weighted by molar-refractivity contribution is 5.08. The van der Waals surface area contributed by atoms with Crippen LogP contribution in [0.4, 0.5) is 0 Å².